The van der Waals surface area contributed by atoms with Crippen molar-refractivity contribution in [2.24, 2.45) is 0 Å². The van der Waals surface area contributed by atoms with Gasteiger partial charge in [-0.05, 0) is 29.2 Å². The summed E-state index contributed by atoms with van der Waals surface area (Å²) in [7, 11) is -4.76. The van der Waals surface area contributed by atoms with E-state index in [1.54, 1.807) is 18.2 Å². The summed E-state index contributed by atoms with van der Waals surface area (Å²) in [6.45, 7) is 6.15. The first kappa shape index (κ1) is 25.1. The van der Waals surface area contributed by atoms with E-state index in [4.69, 9.17) is 5.73 Å². The molecule has 0 amide bonds. The summed E-state index contributed by atoms with van der Waals surface area (Å²) in [4.78, 5) is 25.9. The Balaban J connectivity index is 0.00000306. The van der Waals surface area contributed by atoms with Crippen molar-refractivity contribution in [2.75, 3.05) is 11.1 Å². The summed E-state index contributed by atoms with van der Waals surface area (Å²) >= 11 is 0. The van der Waals surface area contributed by atoms with Crippen LogP contribution in [-0.4, -0.2) is 54.1 Å². The number of anilines is 3. The molecule has 0 unspecified atom stereocenters. The number of ketones is 2. The van der Waals surface area contributed by atoms with Gasteiger partial charge in [-0.25, -0.2) is 0 Å². The molecule has 0 heterocycles. The average molecular weight is 475 g/mol. The molecule has 3 aromatic carbocycles. The topological polar surface area (TPSA) is 127 Å². The van der Waals surface area contributed by atoms with Crippen molar-refractivity contribution >= 4 is 68.3 Å². The number of nitrogen functional groups attached to an aromatic ring is 1. The first-order chi connectivity index (χ1) is 14.9. The van der Waals surface area contributed by atoms with Crippen molar-refractivity contribution < 1.29 is 22.6 Å². The number of rotatable bonds is 3. The van der Waals surface area contributed by atoms with Crippen LogP contribution in [0.5, 0.6) is 0 Å². The molecule has 3 aromatic rings. The van der Waals surface area contributed by atoms with E-state index >= 15 is 0 Å². The number of fused-ring (bicyclic) bond motifs is 2. The normalized spacial score (nSPS) is 13.1. The van der Waals surface area contributed by atoms with Gasteiger partial charge in [-0.15, -0.1) is 0 Å². The second-order valence-electron chi connectivity index (χ2n) is 8.72. The van der Waals surface area contributed by atoms with Crippen molar-refractivity contribution in [3.8, 4) is 0 Å². The Kier molecular flexibility index (Phi) is 6.63. The molecular weight excluding hydrogens is 451 g/mol. The molecule has 0 atom stereocenters. The molecule has 4 rings (SSSR count). The van der Waals surface area contributed by atoms with Crippen LogP contribution in [0.2, 0.25) is 0 Å². The van der Waals surface area contributed by atoms with Crippen LogP contribution in [0.1, 0.15) is 58.2 Å². The maximum atomic E-state index is 13.3. The van der Waals surface area contributed by atoms with E-state index in [1.165, 1.54) is 12.1 Å². The molecule has 0 aliphatic heterocycles. The summed E-state index contributed by atoms with van der Waals surface area (Å²) in [6.07, 6.45) is 0. The van der Waals surface area contributed by atoms with Gasteiger partial charge in [0.15, 0.2) is 11.6 Å². The number of hydrogen-bond acceptors (Lipinski definition) is 6. The van der Waals surface area contributed by atoms with Crippen molar-refractivity contribution in [2.45, 2.75) is 31.1 Å². The van der Waals surface area contributed by atoms with Crippen LogP contribution in [0, 0.1) is 0 Å². The molecule has 0 fully saturated rings. The second kappa shape index (κ2) is 8.70. The van der Waals surface area contributed by atoms with Gasteiger partial charge < -0.3 is 11.1 Å². The van der Waals surface area contributed by atoms with Crippen molar-refractivity contribution in [3.05, 3.63) is 82.4 Å². The van der Waals surface area contributed by atoms with Gasteiger partial charge in [0.25, 0.3) is 10.1 Å². The molecule has 0 aromatic heterocycles. The second-order valence-corrected chi connectivity index (χ2v) is 10.1. The monoisotopic (exact) mass is 474 g/mol. The Bertz CT molecular complexity index is 1410. The van der Waals surface area contributed by atoms with E-state index in [1.807, 2.05) is 39.0 Å². The molecule has 166 valence electrons. The van der Waals surface area contributed by atoms with E-state index < -0.39 is 32.3 Å². The minimum absolute atomic E-state index is 0. The molecule has 1 aliphatic rings. The van der Waals surface area contributed by atoms with Crippen LogP contribution in [0.3, 0.4) is 0 Å². The molecule has 0 saturated heterocycles. The quantitative estimate of drug-likeness (QED) is 0.235. The summed E-state index contributed by atoms with van der Waals surface area (Å²) in [5.74, 6) is -1.04. The maximum absolute atomic E-state index is 13.3. The molecule has 0 radical (unpaired) electrons. The van der Waals surface area contributed by atoms with Gasteiger partial charge in [0.1, 0.15) is 4.90 Å². The fourth-order valence-corrected chi connectivity index (χ4v) is 4.47. The first-order valence-corrected chi connectivity index (χ1v) is 11.3. The molecule has 0 saturated carbocycles. The number of carbonyl (C=O) groups excluding carboxylic acids is 2. The van der Waals surface area contributed by atoms with Crippen LogP contribution < -0.4 is 11.1 Å². The Morgan fingerprint density at radius 3 is 2.00 bits per heavy atom. The Morgan fingerprint density at radius 2 is 1.45 bits per heavy atom. The predicted octanol–water partition coefficient (Wildman–Crippen LogP) is 3.68. The Hall–Kier alpha value is -2.49. The van der Waals surface area contributed by atoms with Gasteiger partial charge in [0.2, 0.25) is 0 Å². The summed E-state index contributed by atoms with van der Waals surface area (Å²) in [5.41, 5.74) is 7.13. The molecule has 9 heteroatoms. The predicted molar refractivity (Wildman–Crippen MR) is 130 cm³/mol. The molecule has 1 aliphatic carbocycles. The van der Waals surface area contributed by atoms with E-state index in [0.717, 1.165) is 11.6 Å². The van der Waals surface area contributed by atoms with E-state index in [-0.39, 0.29) is 62.9 Å². The first-order valence-electron chi connectivity index (χ1n) is 9.89. The van der Waals surface area contributed by atoms with E-state index in [9.17, 15) is 22.6 Å². The van der Waals surface area contributed by atoms with Crippen LogP contribution in [0.25, 0.3) is 0 Å². The van der Waals surface area contributed by atoms with Gasteiger partial charge in [0, 0.05) is 16.8 Å². The standard InChI is InChI=1S/C24H22N2O5S.Na.H/c1-24(2,3)13-7-6-8-14(11-13)26-17-12-18(32(29,30)31)21(25)20-19(17)22(27)15-9-4-5-10-16(15)23(20)28;;/h4-12,26H,25H2,1-3H3,(H,29,30,31);;. The van der Waals surface area contributed by atoms with E-state index in [0.29, 0.717) is 5.69 Å². The van der Waals surface area contributed by atoms with E-state index in [2.05, 4.69) is 5.32 Å². The summed E-state index contributed by atoms with van der Waals surface area (Å²) < 4.78 is 33.8. The third-order valence-electron chi connectivity index (χ3n) is 5.49. The fraction of sp³-hybridized carbons (Fsp3) is 0.167. The number of benzene rings is 3. The van der Waals surface area contributed by atoms with Crippen molar-refractivity contribution in [1.82, 2.24) is 0 Å². The number of nitrogens with one attached hydrogen (secondary N) is 1. The Labute approximate surface area is 214 Å². The molecular formula is C24H23N2NaO5S. The minimum atomic E-state index is -4.76. The molecule has 33 heavy (non-hydrogen) atoms. The van der Waals surface area contributed by atoms with Crippen molar-refractivity contribution in [1.29, 1.82) is 0 Å². The summed E-state index contributed by atoms with van der Waals surface area (Å²) in [5, 5.41) is 3.06. The number of carbonyl (C=O) groups is 2. The summed E-state index contributed by atoms with van der Waals surface area (Å²) in [6, 6.07) is 14.8. The molecule has 7 nitrogen and oxygen atoms in total. The van der Waals surface area contributed by atoms with Gasteiger partial charge in [-0.1, -0.05) is 57.2 Å². The zero-order valence-electron chi connectivity index (χ0n) is 17.8. The molecule has 4 N–H and O–H groups in total. The number of nitrogens with two attached hydrogens (primary N) is 1. The average Bonchev–Trinajstić information content (AvgIpc) is 2.71. The third kappa shape index (κ3) is 4.49. The van der Waals surface area contributed by atoms with Gasteiger partial charge in [-0.2, -0.15) is 8.42 Å². The van der Waals surface area contributed by atoms with Gasteiger partial charge in [-0.3, -0.25) is 14.1 Å². The number of hydrogen-bond donors (Lipinski definition) is 3. The fourth-order valence-electron chi connectivity index (χ4n) is 3.82. The Morgan fingerprint density at radius 1 is 0.879 bits per heavy atom. The van der Waals surface area contributed by atoms with Gasteiger partial charge >= 0.3 is 29.6 Å². The van der Waals surface area contributed by atoms with Crippen LogP contribution in [0.15, 0.2) is 59.5 Å². The van der Waals surface area contributed by atoms with Gasteiger partial charge in [0.05, 0.1) is 22.5 Å². The SMILES string of the molecule is CC(C)(C)c1cccc(Nc2cc(S(=O)(=O)O)c(N)c3c2C(=O)c2ccccc2C3=O)c1.[NaH]. The van der Waals surface area contributed by atoms with Crippen LogP contribution >= 0.6 is 0 Å². The zero-order chi connectivity index (χ0) is 23.4. The van der Waals surface area contributed by atoms with Crippen LogP contribution in [-0.2, 0) is 15.5 Å². The van der Waals surface area contributed by atoms with Crippen LogP contribution in [0.4, 0.5) is 17.1 Å². The third-order valence-corrected chi connectivity index (χ3v) is 6.38. The molecule has 0 bridgehead atoms. The zero-order valence-corrected chi connectivity index (χ0v) is 18.6. The molecule has 0 spiro atoms. The van der Waals surface area contributed by atoms with Crippen molar-refractivity contribution in [3.63, 3.8) is 0 Å².